The van der Waals surface area contributed by atoms with Gasteiger partial charge in [0.05, 0.1) is 13.0 Å². The monoisotopic (exact) mass is 194 g/mol. The Morgan fingerprint density at radius 2 is 2.29 bits per heavy atom. The number of nitrogens with one attached hydrogen (secondary N) is 1. The van der Waals surface area contributed by atoms with Crippen molar-refractivity contribution < 1.29 is 9.53 Å². The third kappa shape index (κ3) is 2.23. The average Bonchev–Trinajstić information content (AvgIpc) is 2.27. The minimum absolute atomic E-state index is 0.210. The van der Waals surface area contributed by atoms with Crippen LogP contribution in [0.5, 0.6) is 5.75 Å². The van der Waals surface area contributed by atoms with Crippen LogP contribution in [0.25, 0.3) is 0 Å². The number of hydrogen-bond acceptors (Lipinski definition) is 3. The quantitative estimate of drug-likeness (QED) is 0.425. The van der Waals surface area contributed by atoms with Crippen LogP contribution in [0.1, 0.15) is 18.4 Å². The number of amides is 1. The first-order valence-corrected chi connectivity index (χ1v) is 4.33. The molecule has 0 bridgehead atoms. The molecule has 3 N–H and O–H groups in total. The van der Waals surface area contributed by atoms with Crippen molar-refractivity contribution in [2.24, 2.45) is 5.84 Å². The fourth-order valence-electron chi connectivity index (χ4n) is 1.19. The van der Waals surface area contributed by atoms with E-state index in [0.29, 0.717) is 0 Å². The van der Waals surface area contributed by atoms with Crippen LogP contribution in [0.3, 0.4) is 0 Å². The Morgan fingerprint density at radius 3 is 2.86 bits per heavy atom. The predicted molar refractivity (Wildman–Crippen MR) is 53.7 cm³/mol. The molecule has 1 aromatic rings. The summed E-state index contributed by atoms with van der Waals surface area (Å²) < 4.78 is 5.06. The first kappa shape index (κ1) is 10.5. The van der Waals surface area contributed by atoms with Gasteiger partial charge in [0.1, 0.15) is 5.75 Å². The van der Waals surface area contributed by atoms with Gasteiger partial charge in [0.25, 0.3) is 0 Å². The maximum atomic E-state index is 11.2. The van der Waals surface area contributed by atoms with Gasteiger partial charge in [0.2, 0.25) is 5.91 Å². The summed E-state index contributed by atoms with van der Waals surface area (Å²) in [6.07, 6.45) is 0. The Morgan fingerprint density at radius 1 is 1.57 bits per heavy atom. The first-order chi connectivity index (χ1) is 6.69. The van der Waals surface area contributed by atoms with E-state index < -0.39 is 0 Å². The van der Waals surface area contributed by atoms with E-state index in [0.717, 1.165) is 11.3 Å². The van der Waals surface area contributed by atoms with Crippen molar-refractivity contribution in [2.45, 2.75) is 12.8 Å². The van der Waals surface area contributed by atoms with Gasteiger partial charge in [-0.1, -0.05) is 12.1 Å². The molecule has 4 heteroatoms. The number of hydrogen-bond donors (Lipinski definition) is 2. The molecule has 0 aliphatic carbocycles. The summed E-state index contributed by atoms with van der Waals surface area (Å²) >= 11 is 0. The lowest BCUT2D eigenvalue weighted by Crippen LogP contribution is -2.33. The lowest BCUT2D eigenvalue weighted by molar-refractivity contribution is -0.122. The molecule has 0 saturated carbocycles. The molecule has 0 aliphatic rings. The van der Waals surface area contributed by atoms with Gasteiger partial charge in [0.15, 0.2) is 0 Å². The number of hydrazine groups is 1. The maximum Gasteiger partial charge on any atom is 0.241 e. The lowest BCUT2D eigenvalue weighted by Gasteiger charge is -2.10. The van der Waals surface area contributed by atoms with Gasteiger partial charge < -0.3 is 4.74 Å². The second kappa shape index (κ2) is 4.62. The SMILES string of the molecule is COc1cccc(C(C)C(=O)NN)c1. The molecule has 1 atom stereocenters. The van der Waals surface area contributed by atoms with Crippen molar-refractivity contribution in [1.82, 2.24) is 5.43 Å². The molecule has 1 aromatic carbocycles. The third-order valence-corrected chi connectivity index (χ3v) is 2.13. The minimum atomic E-state index is -0.268. The van der Waals surface area contributed by atoms with Crippen molar-refractivity contribution in [3.63, 3.8) is 0 Å². The number of ether oxygens (including phenoxy) is 1. The molecule has 1 rings (SSSR count). The highest BCUT2D eigenvalue weighted by Gasteiger charge is 2.13. The predicted octanol–water partition coefficient (Wildman–Crippen LogP) is 0.789. The van der Waals surface area contributed by atoms with Gasteiger partial charge >= 0.3 is 0 Å². The number of benzene rings is 1. The molecule has 14 heavy (non-hydrogen) atoms. The smallest absolute Gasteiger partial charge is 0.241 e. The fourth-order valence-corrected chi connectivity index (χ4v) is 1.19. The Hall–Kier alpha value is -1.55. The van der Waals surface area contributed by atoms with Crippen molar-refractivity contribution in [3.05, 3.63) is 29.8 Å². The highest BCUT2D eigenvalue weighted by atomic mass is 16.5. The third-order valence-electron chi connectivity index (χ3n) is 2.13. The van der Waals surface area contributed by atoms with Crippen LogP contribution in [-0.2, 0) is 4.79 Å². The van der Waals surface area contributed by atoms with E-state index in [4.69, 9.17) is 10.6 Å². The molecule has 1 amide bonds. The summed E-state index contributed by atoms with van der Waals surface area (Å²) in [5.41, 5.74) is 3.00. The Kier molecular flexibility index (Phi) is 3.48. The van der Waals surface area contributed by atoms with Crippen LogP contribution in [-0.4, -0.2) is 13.0 Å². The number of rotatable bonds is 3. The molecule has 0 heterocycles. The standard InChI is InChI=1S/C10H14N2O2/c1-7(10(13)12-11)8-4-3-5-9(6-8)14-2/h3-7H,11H2,1-2H3,(H,12,13). The van der Waals surface area contributed by atoms with Gasteiger partial charge in [-0.3, -0.25) is 10.2 Å². The number of carbonyl (C=O) groups is 1. The van der Waals surface area contributed by atoms with E-state index in [1.807, 2.05) is 24.3 Å². The molecule has 4 nitrogen and oxygen atoms in total. The first-order valence-electron chi connectivity index (χ1n) is 4.33. The van der Waals surface area contributed by atoms with Crippen molar-refractivity contribution in [2.75, 3.05) is 7.11 Å². The summed E-state index contributed by atoms with van der Waals surface area (Å²) in [5, 5.41) is 0. The molecular weight excluding hydrogens is 180 g/mol. The topological polar surface area (TPSA) is 64.3 Å². The highest BCUT2D eigenvalue weighted by molar-refractivity contribution is 5.82. The molecule has 0 aliphatic heterocycles. The zero-order valence-electron chi connectivity index (χ0n) is 8.28. The number of nitrogens with two attached hydrogens (primary N) is 1. The minimum Gasteiger partial charge on any atom is -0.497 e. The molecule has 76 valence electrons. The Bertz CT molecular complexity index is 326. The summed E-state index contributed by atoms with van der Waals surface area (Å²) in [5.74, 6) is 5.31. The highest BCUT2D eigenvalue weighted by Crippen LogP contribution is 2.20. The van der Waals surface area contributed by atoms with Crippen LogP contribution >= 0.6 is 0 Å². The molecule has 0 saturated heterocycles. The molecule has 0 fully saturated rings. The van der Waals surface area contributed by atoms with Crippen LogP contribution in [0.2, 0.25) is 0 Å². The average molecular weight is 194 g/mol. The van der Waals surface area contributed by atoms with Crippen LogP contribution in [0, 0.1) is 0 Å². The summed E-state index contributed by atoms with van der Waals surface area (Å²) in [6.45, 7) is 1.79. The summed E-state index contributed by atoms with van der Waals surface area (Å²) in [4.78, 5) is 11.2. The van der Waals surface area contributed by atoms with E-state index in [1.54, 1.807) is 14.0 Å². The van der Waals surface area contributed by atoms with Crippen LogP contribution in [0.4, 0.5) is 0 Å². The molecule has 1 unspecified atom stereocenters. The second-order valence-corrected chi connectivity index (χ2v) is 3.01. The van der Waals surface area contributed by atoms with Gasteiger partial charge in [-0.15, -0.1) is 0 Å². The number of methoxy groups -OCH3 is 1. The maximum absolute atomic E-state index is 11.2. The Labute approximate surface area is 83.0 Å². The van der Waals surface area contributed by atoms with E-state index in [9.17, 15) is 4.79 Å². The summed E-state index contributed by atoms with van der Waals surface area (Å²) in [6, 6.07) is 7.35. The second-order valence-electron chi connectivity index (χ2n) is 3.01. The lowest BCUT2D eigenvalue weighted by atomic mass is 10.0. The van der Waals surface area contributed by atoms with E-state index >= 15 is 0 Å². The molecular formula is C10H14N2O2. The Balaban J connectivity index is 2.89. The molecule has 0 radical (unpaired) electrons. The number of carbonyl (C=O) groups excluding carboxylic acids is 1. The fraction of sp³-hybridized carbons (Fsp3) is 0.300. The molecule has 0 spiro atoms. The largest absolute Gasteiger partial charge is 0.497 e. The van der Waals surface area contributed by atoms with Gasteiger partial charge in [-0.05, 0) is 24.6 Å². The van der Waals surface area contributed by atoms with Crippen LogP contribution < -0.4 is 16.0 Å². The van der Waals surface area contributed by atoms with E-state index in [-0.39, 0.29) is 11.8 Å². The van der Waals surface area contributed by atoms with Gasteiger partial charge in [0, 0.05) is 0 Å². The summed E-state index contributed by atoms with van der Waals surface area (Å²) in [7, 11) is 1.59. The van der Waals surface area contributed by atoms with Crippen molar-refractivity contribution in [3.8, 4) is 5.75 Å². The molecule has 0 aromatic heterocycles. The van der Waals surface area contributed by atoms with Crippen molar-refractivity contribution >= 4 is 5.91 Å². The zero-order valence-corrected chi connectivity index (χ0v) is 8.28. The van der Waals surface area contributed by atoms with Crippen molar-refractivity contribution in [1.29, 1.82) is 0 Å². The van der Waals surface area contributed by atoms with E-state index in [1.165, 1.54) is 0 Å². The van der Waals surface area contributed by atoms with Gasteiger partial charge in [-0.2, -0.15) is 0 Å². The zero-order chi connectivity index (χ0) is 10.6. The van der Waals surface area contributed by atoms with Gasteiger partial charge in [-0.25, -0.2) is 5.84 Å². The van der Waals surface area contributed by atoms with E-state index in [2.05, 4.69) is 5.43 Å². The normalized spacial score (nSPS) is 11.9. The van der Waals surface area contributed by atoms with Crippen LogP contribution in [0.15, 0.2) is 24.3 Å².